The van der Waals surface area contributed by atoms with Gasteiger partial charge in [-0.2, -0.15) is 0 Å². The quantitative estimate of drug-likeness (QED) is 0.850. The number of hydrogen-bond donors (Lipinski definition) is 0. The second-order valence-electron chi connectivity index (χ2n) is 6.18. The number of aromatic nitrogens is 2. The first-order valence-corrected chi connectivity index (χ1v) is 10.5. The summed E-state index contributed by atoms with van der Waals surface area (Å²) in [7, 11) is -3.08. The molecule has 2 aromatic rings. The monoisotopic (exact) mass is 351 g/mol. The molecule has 0 bridgehead atoms. The molecular weight excluding hydrogens is 330 g/mol. The number of hydrogen-bond acceptors (Lipinski definition) is 5. The highest BCUT2D eigenvalue weighted by molar-refractivity contribution is 7.88. The zero-order chi connectivity index (χ0) is 16.4. The minimum atomic E-state index is -3.08. The van der Waals surface area contributed by atoms with Gasteiger partial charge in [0.05, 0.1) is 11.9 Å². The summed E-state index contributed by atoms with van der Waals surface area (Å²) in [6, 6.07) is 4.09. The average molecular weight is 351 g/mol. The molecule has 0 spiro atoms. The van der Waals surface area contributed by atoms with Crippen molar-refractivity contribution in [2.45, 2.75) is 26.2 Å². The van der Waals surface area contributed by atoms with Crippen LogP contribution in [-0.2, 0) is 16.4 Å². The highest BCUT2D eigenvalue weighted by Gasteiger charge is 2.25. The van der Waals surface area contributed by atoms with E-state index in [0.29, 0.717) is 19.0 Å². The summed E-state index contributed by atoms with van der Waals surface area (Å²) in [6.07, 6.45) is 6.06. The third kappa shape index (κ3) is 4.16. The summed E-state index contributed by atoms with van der Waals surface area (Å²) in [4.78, 5) is 8.96. The lowest BCUT2D eigenvalue weighted by molar-refractivity contribution is 0.266. The topological polar surface area (TPSA) is 63.2 Å². The van der Waals surface area contributed by atoms with Crippen molar-refractivity contribution >= 4 is 21.4 Å². The van der Waals surface area contributed by atoms with Crippen LogP contribution >= 0.6 is 11.3 Å². The first-order valence-electron chi connectivity index (χ1n) is 7.74. The summed E-state index contributed by atoms with van der Waals surface area (Å²) in [6.45, 7) is 3.24. The van der Waals surface area contributed by atoms with Gasteiger partial charge in [0.25, 0.3) is 0 Å². The van der Waals surface area contributed by atoms with Gasteiger partial charge in [-0.05, 0) is 43.7 Å². The molecule has 2 aromatic heterocycles. The number of piperidine rings is 1. The first kappa shape index (κ1) is 16.5. The van der Waals surface area contributed by atoms with Gasteiger partial charge in [0.15, 0.2) is 0 Å². The van der Waals surface area contributed by atoms with Crippen LogP contribution in [0.25, 0.3) is 10.7 Å². The van der Waals surface area contributed by atoms with Crippen LogP contribution in [0.2, 0.25) is 0 Å². The van der Waals surface area contributed by atoms with Gasteiger partial charge >= 0.3 is 0 Å². The van der Waals surface area contributed by atoms with Crippen molar-refractivity contribution in [3.63, 3.8) is 0 Å². The largest absolute Gasteiger partial charge is 0.253 e. The average Bonchev–Trinajstić information content (AvgIpc) is 2.94. The van der Waals surface area contributed by atoms with E-state index in [9.17, 15) is 8.42 Å². The van der Waals surface area contributed by atoms with E-state index in [0.717, 1.165) is 41.2 Å². The lowest BCUT2D eigenvalue weighted by Gasteiger charge is -2.30. The molecule has 1 aliphatic heterocycles. The number of sulfonamides is 1. The molecule has 23 heavy (non-hydrogen) atoms. The Hall–Kier alpha value is -1.31. The van der Waals surface area contributed by atoms with E-state index in [1.165, 1.54) is 6.26 Å². The second kappa shape index (κ2) is 6.67. The Kier molecular flexibility index (Phi) is 4.79. The smallest absolute Gasteiger partial charge is 0.211 e. The van der Waals surface area contributed by atoms with Crippen LogP contribution in [0.5, 0.6) is 0 Å². The Balaban J connectivity index is 1.66. The highest BCUT2D eigenvalue weighted by atomic mass is 32.2. The molecule has 5 nitrogen and oxygen atoms in total. The maximum Gasteiger partial charge on any atom is 0.211 e. The summed E-state index contributed by atoms with van der Waals surface area (Å²) >= 11 is 1.60. The normalized spacial score (nSPS) is 19.8. The van der Waals surface area contributed by atoms with E-state index in [-0.39, 0.29) is 0 Å². The van der Waals surface area contributed by atoms with Crippen LogP contribution in [-0.4, -0.2) is 42.0 Å². The number of aryl methyl sites for hydroxylation is 1. The van der Waals surface area contributed by atoms with Gasteiger partial charge in [0.1, 0.15) is 5.01 Å². The van der Waals surface area contributed by atoms with E-state index in [4.69, 9.17) is 0 Å². The molecule has 0 aliphatic carbocycles. The lowest BCUT2D eigenvalue weighted by Crippen LogP contribution is -2.39. The Morgan fingerprint density at radius 1 is 1.39 bits per heavy atom. The van der Waals surface area contributed by atoms with Crippen LogP contribution in [0.3, 0.4) is 0 Å². The Bertz CT molecular complexity index is 769. The molecular formula is C16H21N3O2S2. The minimum Gasteiger partial charge on any atom is -0.253 e. The molecule has 1 atom stereocenters. The zero-order valence-electron chi connectivity index (χ0n) is 13.4. The lowest BCUT2D eigenvalue weighted by atomic mass is 9.93. The molecule has 1 fully saturated rings. The second-order valence-corrected chi connectivity index (χ2v) is 9.02. The molecule has 3 heterocycles. The Labute approximate surface area is 141 Å². The van der Waals surface area contributed by atoms with Crippen LogP contribution in [0.4, 0.5) is 0 Å². The molecule has 0 saturated carbocycles. The Morgan fingerprint density at radius 2 is 2.22 bits per heavy atom. The van der Waals surface area contributed by atoms with Gasteiger partial charge in [-0.25, -0.2) is 17.7 Å². The summed E-state index contributed by atoms with van der Waals surface area (Å²) in [5.74, 6) is 0.369. The van der Waals surface area contributed by atoms with Gasteiger partial charge < -0.3 is 0 Å². The van der Waals surface area contributed by atoms with Crippen LogP contribution in [0, 0.1) is 12.8 Å². The molecule has 124 valence electrons. The molecule has 1 saturated heterocycles. The van der Waals surface area contributed by atoms with Gasteiger partial charge in [0, 0.05) is 30.4 Å². The van der Waals surface area contributed by atoms with Crippen molar-refractivity contribution < 1.29 is 8.42 Å². The number of thiazole rings is 1. The van der Waals surface area contributed by atoms with E-state index in [1.807, 2.05) is 24.6 Å². The molecule has 1 aliphatic rings. The van der Waals surface area contributed by atoms with Gasteiger partial charge in [-0.3, -0.25) is 4.98 Å². The van der Waals surface area contributed by atoms with Crippen LogP contribution in [0.1, 0.15) is 24.1 Å². The molecule has 0 radical (unpaired) electrons. The van der Waals surface area contributed by atoms with Crippen molar-refractivity contribution in [3.8, 4) is 10.7 Å². The first-order chi connectivity index (χ1) is 10.9. The fourth-order valence-electron chi connectivity index (χ4n) is 2.97. The van der Waals surface area contributed by atoms with Gasteiger partial charge in [-0.15, -0.1) is 11.3 Å². The van der Waals surface area contributed by atoms with E-state index in [2.05, 4.69) is 16.0 Å². The minimum absolute atomic E-state index is 0.369. The summed E-state index contributed by atoms with van der Waals surface area (Å²) in [5, 5.41) is 2.96. The fourth-order valence-corrected chi connectivity index (χ4v) is 4.69. The summed E-state index contributed by atoms with van der Waals surface area (Å²) in [5.41, 5.74) is 3.06. The third-order valence-electron chi connectivity index (χ3n) is 4.14. The SMILES string of the molecule is Cc1csc(-c2ccc(CC3CCCN(S(C)(=O)=O)C3)cn2)n1. The molecule has 1 unspecified atom stereocenters. The van der Waals surface area contributed by atoms with Crippen molar-refractivity contribution in [2.24, 2.45) is 5.92 Å². The zero-order valence-corrected chi connectivity index (χ0v) is 15.0. The van der Waals surface area contributed by atoms with Crippen molar-refractivity contribution in [1.29, 1.82) is 0 Å². The predicted octanol–water partition coefficient (Wildman–Crippen LogP) is 2.73. The van der Waals surface area contributed by atoms with Crippen molar-refractivity contribution in [1.82, 2.24) is 14.3 Å². The standard InChI is InChI=1S/C16H21N3O2S2/c1-12-11-22-16(18-12)15-6-5-13(9-17-15)8-14-4-3-7-19(10-14)23(2,20)21/h5-6,9,11,14H,3-4,7-8,10H2,1-2H3. The fraction of sp³-hybridized carbons (Fsp3) is 0.500. The van der Waals surface area contributed by atoms with E-state index in [1.54, 1.807) is 15.6 Å². The van der Waals surface area contributed by atoms with E-state index >= 15 is 0 Å². The van der Waals surface area contributed by atoms with Gasteiger partial charge in [0.2, 0.25) is 10.0 Å². The number of rotatable bonds is 4. The Morgan fingerprint density at radius 3 is 2.83 bits per heavy atom. The maximum absolute atomic E-state index is 11.7. The number of pyridine rings is 1. The highest BCUT2D eigenvalue weighted by Crippen LogP contribution is 2.24. The summed E-state index contributed by atoms with van der Waals surface area (Å²) < 4.78 is 25.0. The molecule has 0 amide bonds. The van der Waals surface area contributed by atoms with Gasteiger partial charge in [-0.1, -0.05) is 6.07 Å². The molecule has 0 aromatic carbocycles. The van der Waals surface area contributed by atoms with Crippen molar-refractivity contribution in [3.05, 3.63) is 35.0 Å². The van der Waals surface area contributed by atoms with E-state index < -0.39 is 10.0 Å². The van der Waals surface area contributed by atoms with Crippen LogP contribution < -0.4 is 0 Å². The maximum atomic E-state index is 11.7. The third-order valence-corrected chi connectivity index (χ3v) is 6.39. The molecule has 0 N–H and O–H groups in total. The molecule has 3 rings (SSSR count). The molecule has 7 heteroatoms. The van der Waals surface area contributed by atoms with Crippen molar-refractivity contribution in [2.75, 3.05) is 19.3 Å². The van der Waals surface area contributed by atoms with Crippen LogP contribution in [0.15, 0.2) is 23.7 Å². The number of nitrogens with zero attached hydrogens (tertiary/aromatic N) is 3. The predicted molar refractivity (Wildman–Crippen MR) is 92.9 cm³/mol.